The molecule has 0 atom stereocenters. The van der Waals surface area contributed by atoms with Crippen molar-refractivity contribution < 1.29 is 9.53 Å². The van der Waals surface area contributed by atoms with Crippen LogP contribution in [-0.4, -0.2) is 21.3 Å². The first-order valence-corrected chi connectivity index (χ1v) is 9.49. The Balaban J connectivity index is 1.70. The molecule has 1 aromatic heterocycles. The van der Waals surface area contributed by atoms with Crippen molar-refractivity contribution in [2.45, 2.75) is 39.8 Å². The summed E-state index contributed by atoms with van der Waals surface area (Å²) in [6.45, 7) is 7.82. The van der Waals surface area contributed by atoms with Crippen molar-refractivity contribution in [2.24, 2.45) is 0 Å². The zero-order valence-electron chi connectivity index (χ0n) is 16.5. The number of carbonyl (C=O) groups is 1. The molecule has 0 unspecified atom stereocenters. The standard InChI is InChI=1S/C22H24ClN3O2/c1-15-20(16(2)26(25-15)18-8-6-5-7-9-18)14-24-21(27)22(3,4)28-19-12-10-17(23)11-13-19/h5-13H,14H2,1-4H3,(H,24,27). The van der Waals surface area contributed by atoms with Gasteiger partial charge in [-0.3, -0.25) is 4.79 Å². The highest BCUT2D eigenvalue weighted by atomic mass is 35.5. The van der Waals surface area contributed by atoms with Gasteiger partial charge in [-0.05, 0) is 64.1 Å². The fraction of sp³-hybridized carbons (Fsp3) is 0.273. The minimum absolute atomic E-state index is 0.200. The molecule has 1 heterocycles. The third-order valence-corrected chi connectivity index (χ3v) is 4.85. The molecule has 0 aliphatic rings. The van der Waals surface area contributed by atoms with Crippen LogP contribution in [0.4, 0.5) is 0 Å². The van der Waals surface area contributed by atoms with Crippen molar-refractivity contribution in [3.8, 4) is 11.4 Å². The van der Waals surface area contributed by atoms with Crippen LogP contribution < -0.4 is 10.1 Å². The Kier molecular flexibility index (Phi) is 5.75. The molecule has 28 heavy (non-hydrogen) atoms. The predicted octanol–water partition coefficient (Wildman–Crippen LogP) is 4.62. The number of ether oxygens (including phenoxy) is 1. The van der Waals surface area contributed by atoms with E-state index in [0.29, 0.717) is 17.3 Å². The number of hydrogen-bond donors (Lipinski definition) is 1. The second-order valence-corrected chi connectivity index (χ2v) is 7.58. The summed E-state index contributed by atoms with van der Waals surface area (Å²) in [5.74, 6) is 0.391. The average molecular weight is 398 g/mol. The topological polar surface area (TPSA) is 56.2 Å². The van der Waals surface area contributed by atoms with Gasteiger partial charge in [0.2, 0.25) is 0 Å². The highest BCUT2D eigenvalue weighted by Crippen LogP contribution is 2.22. The normalized spacial score (nSPS) is 11.3. The summed E-state index contributed by atoms with van der Waals surface area (Å²) < 4.78 is 7.75. The van der Waals surface area contributed by atoms with Crippen LogP contribution in [0.15, 0.2) is 54.6 Å². The molecule has 3 rings (SSSR count). The first kappa shape index (κ1) is 20.0. The van der Waals surface area contributed by atoms with E-state index in [2.05, 4.69) is 10.4 Å². The van der Waals surface area contributed by atoms with Crippen LogP contribution in [0.2, 0.25) is 5.02 Å². The number of halogens is 1. The molecule has 1 amide bonds. The van der Waals surface area contributed by atoms with Gasteiger partial charge in [0, 0.05) is 22.8 Å². The number of carbonyl (C=O) groups excluding carboxylic acids is 1. The summed E-state index contributed by atoms with van der Waals surface area (Å²) in [5.41, 5.74) is 2.86. The fourth-order valence-corrected chi connectivity index (χ4v) is 3.10. The second-order valence-electron chi connectivity index (χ2n) is 7.15. The lowest BCUT2D eigenvalue weighted by Crippen LogP contribution is -2.46. The van der Waals surface area contributed by atoms with Crippen molar-refractivity contribution in [2.75, 3.05) is 0 Å². The quantitative estimate of drug-likeness (QED) is 0.660. The SMILES string of the molecule is Cc1nn(-c2ccccc2)c(C)c1CNC(=O)C(C)(C)Oc1ccc(Cl)cc1. The van der Waals surface area contributed by atoms with Crippen LogP contribution in [0.3, 0.4) is 0 Å². The maximum absolute atomic E-state index is 12.7. The van der Waals surface area contributed by atoms with E-state index in [1.807, 2.05) is 48.9 Å². The molecule has 146 valence electrons. The third-order valence-electron chi connectivity index (χ3n) is 4.60. The lowest BCUT2D eigenvalue weighted by molar-refractivity contribution is -0.134. The largest absolute Gasteiger partial charge is 0.478 e. The number of nitrogens with zero attached hydrogens (tertiary/aromatic N) is 2. The van der Waals surface area contributed by atoms with Crippen LogP contribution in [0.5, 0.6) is 5.75 Å². The van der Waals surface area contributed by atoms with Gasteiger partial charge in [0.25, 0.3) is 5.91 Å². The molecule has 0 bridgehead atoms. The number of aryl methyl sites for hydroxylation is 1. The molecule has 0 aliphatic carbocycles. The molecule has 0 aliphatic heterocycles. The number of nitrogens with one attached hydrogen (secondary N) is 1. The first-order valence-electron chi connectivity index (χ1n) is 9.11. The Bertz CT molecular complexity index is 963. The number of benzene rings is 2. The highest BCUT2D eigenvalue weighted by molar-refractivity contribution is 6.30. The minimum Gasteiger partial charge on any atom is -0.478 e. The Morgan fingerprint density at radius 2 is 1.75 bits per heavy atom. The first-order chi connectivity index (χ1) is 13.3. The fourth-order valence-electron chi connectivity index (χ4n) is 2.98. The molecule has 0 saturated heterocycles. The van der Waals surface area contributed by atoms with Crippen molar-refractivity contribution in [3.63, 3.8) is 0 Å². The van der Waals surface area contributed by atoms with Gasteiger partial charge in [-0.2, -0.15) is 5.10 Å². The Labute approximate surface area is 170 Å². The lowest BCUT2D eigenvalue weighted by atomic mass is 10.1. The molecule has 0 saturated carbocycles. The number of para-hydroxylation sites is 1. The van der Waals surface area contributed by atoms with Crippen LogP contribution in [0.1, 0.15) is 30.8 Å². The summed E-state index contributed by atoms with van der Waals surface area (Å²) in [6, 6.07) is 16.9. The van der Waals surface area contributed by atoms with Crippen LogP contribution in [0.25, 0.3) is 5.69 Å². The number of hydrogen-bond acceptors (Lipinski definition) is 3. The maximum Gasteiger partial charge on any atom is 0.263 e. The van der Waals surface area contributed by atoms with E-state index < -0.39 is 5.60 Å². The number of amides is 1. The molecule has 2 aromatic carbocycles. The van der Waals surface area contributed by atoms with Crippen LogP contribution in [-0.2, 0) is 11.3 Å². The molecule has 0 spiro atoms. The molecular formula is C22H24ClN3O2. The smallest absolute Gasteiger partial charge is 0.263 e. The third kappa shape index (κ3) is 4.37. The molecule has 5 nitrogen and oxygen atoms in total. The monoisotopic (exact) mass is 397 g/mol. The van der Waals surface area contributed by atoms with Crippen LogP contribution >= 0.6 is 11.6 Å². The Morgan fingerprint density at radius 1 is 1.11 bits per heavy atom. The number of aromatic nitrogens is 2. The summed E-state index contributed by atoms with van der Waals surface area (Å²) >= 11 is 5.90. The summed E-state index contributed by atoms with van der Waals surface area (Å²) in [6.07, 6.45) is 0. The summed E-state index contributed by atoms with van der Waals surface area (Å²) in [5, 5.41) is 8.21. The zero-order valence-corrected chi connectivity index (χ0v) is 17.2. The number of rotatable bonds is 6. The molecular weight excluding hydrogens is 374 g/mol. The van der Waals surface area contributed by atoms with E-state index in [4.69, 9.17) is 16.3 Å². The van der Waals surface area contributed by atoms with Gasteiger partial charge < -0.3 is 10.1 Å². The molecule has 6 heteroatoms. The Hall–Kier alpha value is -2.79. The minimum atomic E-state index is -1.02. The lowest BCUT2D eigenvalue weighted by Gasteiger charge is -2.25. The predicted molar refractivity (Wildman–Crippen MR) is 111 cm³/mol. The summed E-state index contributed by atoms with van der Waals surface area (Å²) in [4.78, 5) is 12.7. The zero-order chi connectivity index (χ0) is 20.3. The molecule has 0 fully saturated rings. The van der Waals surface area contributed by atoms with Gasteiger partial charge in [-0.25, -0.2) is 4.68 Å². The Morgan fingerprint density at radius 3 is 2.39 bits per heavy atom. The van der Waals surface area contributed by atoms with E-state index in [-0.39, 0.29) is 5.91 Å². The molecule has 3 aromatic rings. The van der Waals surface area contributed by atoms with E-state index in [9.17, 15) is 4.79 Å². The highest BCUT2D eigenvalue weighted by Gasteiger charge is 2.30. The summed E-state index contributed by atoms with van der Waals surface area (Å²) in [7, 11) is 0. The van der Waals surface area contributed by atoms with Crippen molar-refractivity contribution in [3.05, 3.63) is 76.6 Å². The van der Waals surface area contributed by atoms with E-state index >= 15 is 0 Å². The molecule has 1 N–H and O–H groups in total. The van der Waals surface area contributed by atoms with Gasteiger partial charge in [0.15, 0.2) is 5.60 Å². The van der Waals surface area contributed by atoms with Crippen LogP contribution in [0, 0.1) is 13.8 Å². The van der Waals surface area contributed by atoms with Gasteiger partial charge in [-0.15, -0.1) is 0 Å². The van der Waals surface area contributed by atoms with Crippen molar-refractivity contribution in [1.29, 1.82) is 0 Å². The van der Waals surface area contributed by atoms with Gasteiger partial charge in [0.05, 0.1) is 11.4 Å². The van der Waals surface area contributed by atoms with Gasteiger partial charge in [0.1, 0.15) is 5.75 Å². The van der Waals surface area contributed by atoms with E-state index in [0.717, 1.165) is 22.6 Å². The van der Waals surface area contributed by atoms with Gasteiger partial charge in [-0.1, -0.05) is 29.8 Å². The van der Waals surface area contributed by atoms with Crippen molar-refractivity contribution in [1.82, 2.24) is 15.1 Å². The second kappa shape index (κ2) is 8.07. The van der Waals surface area contributed by atoms with E-state index in [1.165, 1.54) is 0 Å². The van der Waals surface area contributed by atoms with E-state index in [1.54, 1.807) is 38.1 Å². The van der Waals surface area contributed by atoms with Crippen molar-refractivity contribution >= 4 is 17.5 Å². The maximum atomic E-state index is 12.7. The van der Waals surface area contributed by atoms with Gasteiger partial charge >= 0.3 is 0 Å². The molecule has 0 radical (unpaired) electrons. The average Bonchev–Trinajstić information content (AvgIpc) is 2.96.